The van der Waals surface area contributed by atoms with Crippen molar-refractivity contribution in [1.29, 1.82) is 0 Å². The zero-order chi connectivity index (χ0) is 18.7. The second-order valence-corrected chi connectivity index (χ2v) is 6.14. The van der Waals surface area contributed by atoms with Gasteiger partial charge in [0.25, 0.3) is 0 Å². The van der Waals surface area contributed by atoms with Gasteiger partial charge in [0.2, 0.25) is 5.91 Å². The lowest BCUT2D eigenvalue weighted by Crippen LogP contribution is -2.34. The van der Waals surface area contributed by atoms with E-state index in [0.717, 1.165) is 0 Å². The molecule has 2 aliphatic rings. The van der Waals surface area contributed by atoms with Gasteiger partial charge >= 0.3 is 12.1 Å². The van der Waals surface area contributed by atoms with Crippen LogP contribution in [0, 0.1) is 11.8 Å². The van der Waals surface area contributed by atoms with Crippen LogP contribution >= 0.6 is 0 Å². The monoisotopic (exact) mass is 360 g/mol. The number of rotatable bonds is 5. The van der Waals surface area contributed by atoms with E-state index in [-0.39, 0.29) is 5.91 Å². The van der Waals surface area contributed by atoms with Crippen molar-refractivity contribution in [2.24, 2.45) is 11.8 Å². The first-order chi connectivity index (χ1) is 12.5. The normalized spacial score (nSPS) is 22.0. The van der Waals surface area contributed by atoms with E-state index in [1.807, 2.05) is 6.08 Å². The molecule has 1 fully saturated rings. The number of carbonyl (C=O) groups excluding carboxylic acids is 2. The molecule has 0 unspecified atom stereocenters. The van der Waals surface area contributed by atoms with Gasteiger partial charge in [-0.05, 0) is 25.0 Å². The van der Waals surface area contributed by atoms with E-state index in [0.29, 0.717) is 43.1 Å². The number of ether oxygens (including phenoxy) is 2. The van der Waals surface area contributed by atoms with Gasteiger partial charge in [0.15, 0.2) is 0 Å². The number of methoxy groups -OCH3 is 1. The predicted octanol–water partition coefficient (Wildman–Crippen LogP) is 2.26. The predicted molar refractivity (Wildman–Crippen MR) is 93.3 cm³/mol. The summed E-state index contributed by atoms with van der Waals surface area (Å²) in [6, 6.07) is 4.92. The number of benzene rings is 1. The zero-order valence-corrected chi connectivity index (χ0v) is 14.3. The summed E-state index contributed by atoms with van der Waals surface area (Å²) in [5.74, 6) is -2.27. The van der Waals surface area contributed by atoms with Crippen LogP contribution in [0.4, 0.5) is 16.2 Å². The van der Waals surface area contributed by atoms with E-state index < -0.39 is 23.9 Å². The zero-order valence-electron chi connectivity index (χ0n) is 14.3. The minimum absolute atomic E-state index is 0.312. The van der Waals surface area contributed by atoms with E-state index in [1.54, 1.807) is 24.3 Å². The molecular formula is C18H20N2O6. The molecule has 26 heavy (non-hydrogen) atoms. The average Bonchev–Trinajstić information content (AvgIpc) is 3.07. The summed E-state index contributed by atoms with van der Waals surface area (Å²) in [6.07, 6.45) is 3.89. The highest BCUT2D eigenvalue weighted by atomic mass is 16.6. The standard InChI is InChI=1S/C18H20N2O6/c1-25-15-10-11(6-7-14(15)20-8-9-26-18(20)24)19-16(21)12-4-2-3-5-13(12)17(22)23/h2-3,6-7,10,12-13H,4-5,8-9H2,1H3,(H,19,21)(H,22,23)/t12-,13+/m0/s1. The minimum atomic E-state index is -0.977. The summed E-state index contributed by atoms with van der Waals surface area (Å²) in [5.41, 5.74) is 1.03. The number of hydrogen-bond acceptors (Lipinski definition) is 5. The Hall–Kier alpha value is -3.03. The molecule has 1 aliphatic heterocycles. The Morgan fingerprint density at radius 1 is 1.27 bits per heavy atom. The van der Waals surface area contributed by atoms with Crippen molar-refractivity contribution in [3.63, 3.8) is 0 Å². The van der Waals surface area contributed by atoms with Crippen molar-refractivity contribution < 1.29 is 29.0 Å². The Labute approximate surface area is 150 Å². The maximum absolute atomic E-state index is 12.5. The molecular weight excluding hydrogens is 340 g/mol. The Balaban J connectivity index is 1.77. The largest absolute Gasteiger partial charge is 0.494 e. The molecule has 1 aliphatic carbocycles. The number of carbonyl (C=O) groups is 3. The highest BCUT2D eigenvalue weighted by molar-refractivity contribution is 5.97. The van der Waals surface area contributed by atoms with Crippen LogP contribution < -0.4 is 15.0 Å². The van der Waals surface area contributed by atoms with Gasteiger partial charge in [0.05, 0.1) is 31.2 Å². The Morgan fingerprint density at radius 2 is 2.00 bits per heavy atom. The molecule has 0 aromatic heterocycles. The van der Waals surface area contributed by atoms with Crippen molar-refractivity contribution in [3.05, 3.63) is 30.4 Å². The fourth-order valence-corrected chi connectivity index (χ4v) is 3.20. The molecule has 3 rings (SSSR count). The van der Waals surface area contributed by atoms with Crippen molar-refractivity contribution >= 4 is 29.3 Å². The van der Waals surface area contributed by atoms with Crippen LogP contribution in [0.15, 0.2) is 30.4 Å². The van der Waals surface area contributed by atoms with E-state index in [2.05, 4.69) is 5.32 Å². The third-order valence-electron chi connectivity index (χ3n) is 4.59. The van der Waals surface area contributed by atoms with Crippen LogP contribution in [0.5, 0.6) is 5.75 Å². The highest BCUT2D eigenvalue weighted by Crippen LogP contribution is 2.34. The number of cyclic esters (lactones) is 1. The van der Waals surface area contributed by atoms with Gasteiger partial charge in [-0.1, -0.05) is 12.2 Å². The molecule has 0 spiro atoms. The lowest BCUT2D eigenvalue weighted by atomic mass is 9.82. The lowest BCUT2D eigenvalue weighted by molar-refractivity contribution is -0.146. The molecule has 8 nitrogen and oxygen atoms in total. The highest BCUT2D eigenvalue weighted by Gasteiger charge is 2.34. The Morgan fingerprint density at radius 3 is 2.62 bits per heavy atom. The number of hydrogen-bond donors (Lipinski definition) is 2. The van der Waals surface area contributed by atoms with Crippen LogP contribution in [-0.4, -0.2) is 43.3 Å². The molecule has 0 radical (unpaired) electrons. The van der Waals surface area contributed by atoms with E-state index in [9.17, 15) is 19.5 Å². The van der Waals surface area contributed by atoms with Crippen molar-refractivity contribution in [3.8, 4) is 5.75 Å². The molecule has 2 N–H and O–H groups in total. The maximum Gasteiger partial charge on any atom is 0.414 e. The van der Waals surface area contributed by atoms with Crippen LogP contribution in [0.3, 0.4) is 0 Å². The molecule has 2 amide bonds. The van der Waals surface area contributed by atoms with Crippen LogP contribution in [0.25, 0.3) is 0 Å². The number of anilines is 2. The number of nitrogens with zero attached hydrogens (tertiary/aromatic N) is 1. The number of carboxylic acid groups (broad SMARTS) is 1. The molecule has 2 atom stereocenters. The third kappa shape index (κ3) is 3.49. The molecule has 1 aromatic rings. The summed E-state index contributed by atoms with van der Waals surface area (Å²) in [4.78, 5) is 37.1. The molecule has 1 heterocycles. The van der Waals surface area contributed by atoms with Gasteiger partial charge in [-0.3, -0.25) is 14.5 Å². The van der Waals surface area contributed by atoms with E-state index in [1.165, 1.54) is 12.0 Å². The minimum Gasteiger partial charge on any atom is -0.494 e. The van der Waals surface area contributed by atoms with Gasteiger partial charge in [-0.15, -0.1) is 0 Å². The summed E-state index contributed by atoms with van der Waals surface area (Å²) in [7, 11) is 1.47. The van der Waals surface area contributed by atoms with E-state index >= 15 is 0 Å². The molecule has 138 valence electrons. The van der Waals surface area contributed by atoms with Crippen molar-refractivity contribution in [2.75, 3.05) is 30.5 Å². The summed E-state index contributed by atoms with van der Waals surface area (Å²) < 4.78 is 10.3. The lowest BCUT2D eigenvalue weighted by Gasteiger charge is -2.24. The number of carboxylic acids is 1. The topological polar surface area (TPSA) is 105 Å². The summed E-state index contributed by atoms with van der Waals surface area (Å²) in [6.45, 7) is 0.738. The van der Waals surface area contributed by atoms with Gasteiger partial charge < -0.3 is 19.9 Å². The van der Waals surface area contributed by atoms with E-state index in [4.69, 9.17) is 9.47 Å². The molecule has 1 saturated heterocycles. The summed E-state index contributed by atoms with van der Waals surface area (Å²) in [5, 5.41) is 12.1. The number of amides is 2. The average molecular weight is 360 g/mol. The molecule has 1 aromatic carbocycles. The first kappa shape index (κ1) is 17.8. The van der Waals surface area contributed by atoms with Crippen molar-refractivity contribution in [2.45, 2.75) is 12.8 Å². The Bertz CT molecular complexity index is 760. The molecule has 0 saturated carbocycles. The second-order valence-electron chi connectivity index (χ2n) is 6.14. The van der Waals surface area contributed by atoms with Crippen LogP contribution in [0.2, 0.25) is 0 Å². The maximum atomic E-state index is 12.5. The quantitative estimate of drug-likeness (QED) is 0.781. The second kappa shape index (κ2) is 7.47. The van der Waals surface area contributed by atoms with Gasteiger partial charge in [0.1, 0.15) is 12.4 Å². The summed E-state index contributed by atoms with van der Waals surface area (Å²) >= 11 is 0. The first-order valence-corrected chi connectivity index (χ1v) is 8.32. The smallest absolute Gasteiger partial charge is 0.414 e. The fraction of sp³-hybridized carbons (Fsp3) is 0.389. The number of aliphatic carboxylic acids is 1. The Kier molecular flexibility index (Phi) is 5.11. The molecule has 0 bridgehead atoms. The van der Waals surface area contributed by atoms with Crippen LogP contribution in [-0.2, 0) is 14.3 Å². The van der Waals surface area contributed by atoms with Crippen LogP contribution in [0.1, 0.15) is 12.8 Å². The molecule has 8 heteroatoms. The third-order valence-corrected chi connectivity index (χ3v) is 4.59. The first-order valence-electron chi connectivity index (χ1n) is 8.32. The fourth-order valence-electron chi connectivity index (χ4n) is 3.20. The number of nitrogens with one attached hydrogen (secondary N) is 1. The number of allylic oxidation sites excluding steroid dienone is 2. The van der Waals surface area contributed by atoms with Crippen molar-refractivity contribution in [1.82, 2.24) is 0 Å². The van der Waals surface area contributed by atoms with Gasteiger partial charge in [0, 0.05) is 11.8 Å². The van der Waals surface area contributed by atoms with Gasteiger partial charge in [-0.25, -0.2) is 4.79 Å². The van der Waals surface area contributed by atoms with Gasteiger partial charge in [-0.2, -0.15) is 0 Å². The SMILES string of the molecule is COc1cc(NC(=O)[C@H]2CC=CC[C@H]2C(=O)O)ccc1N1CCOC1=O.